The van der Waals surface area contributed by atoms with Gasteiger partial charge >= 0.3 is 7.60 Å². The first-order valence-electron chi connectivity index (χ1n) is 7.21. The normalized spacial score (nSPS) is 12.7. The highest BCUT2D eigenvalue weighted by Gasteiger charge is 2.37. The summed E-state index contributed by atoms with van der Waals surface area (Å²) in [4.78, 5) is 0. The van der Waals surface area contributed by atoms with Crippen LogP contribution >= 0.6 is 7.60 Å². The molecule has 0 aliphatic rings. The Labute approximate surface area is 137 Å². The summed E-state index contributed by atoms with van der Waals surface area (Å²) in [6.45, 7) is 2.01. The third-order valence-corrected chi connectivity index (χ3v) is 5.67. The molecule has 6 heteroatoms. The van der Waals surface area contributed by atoms with Gasteiger partial charge in [0, 0.05) is 25.5 Å². The van der Waals surface area contributed by atoms with Crippen molar-refractivity contribution in [1.29, 1.82) is 0 Å². The van der Waals surface area contributed by atoms with Crippen LogP contribution in [0, 0.1) is 6.92 Å². The van der Waals surface area contributed by atoms with E-state index in [1.807, 2.05) is 55.5 Å². The first kappa shape index (κ1) is 17.5. The van der Waals surface area contributed by atoms with Crippen LogP contribution in [0.4, 0.5) is 5.69 Å². The van der Waals surface area contributed by atoms with Crippen molar-refractivity contribution in [2.24, 2.45) is 0 Å². The molecule has 0 aliphatic carbocycles. The van der Waals surface area contributed by atoms with Gasteiger partial charge in [-0.1, -0.05) is 35.9 Å². The second-order valence-corrected chi connectivity index (χ2v) is 7.39. The fourth-order valence-electron chi connectivity index (χ4n) is 2.31. The smallest absolute Gasteiger partial charge is 0.356 e. The monoisotopic (exact) mass is 335 g/mol. The van der Waals surface area contributed by atoms with Gasteiger partial charge in [-0.2, -0.15) is 0 Å². The SMILES string of the molecule is COc1ccccc1C(Nc1ccc(C)cc1)P(=O)(OC)OC. The number of methoxy groups -OCH3 is 1. The zero-order chi connectivity index (χ0) is 16.9. The molecule has 0 saturated heterocycles. The van der Waals surface area contributed by atoms with E-state index in [1.165, 1.54) is 14.2 Å². The maximum absolute atomic E-state index is 13.0. The predicted molar refractivity (Wildman–Crippen MR) is 92.2 cm³/mol. The third-order valence-electron chi connectivity index (χ3n) is 3.61. The second-order valence-electron chi connectivity index (χ2n) is 5.06. The topological polar surface area (TPSA) is 56.8 Å². The quantitative estimate of drug-likeness (QED) is 0.749. The van der Waals surface area contributed by atoms with Gasteiger partial charge in [0.25, 0.3) is 0 Å². The Hall–Kier alpha value is -1.81. The summed E-state index contributed by atoms with van der Waals surface area (Å²) >= 11 is 0. The molecule has 0 aliphatic heterocycles. The van der Waals surface area contributed by atoms with Gasteiger partial charge in [0.05, 0.1) is 7.11 Å². The van der Waals surface area contributed by atoms with E-state index in [0.717, 1.165) is 11.3 Å². The van der Waals surface area contributed by atoms with Gasteiger partial charge in [-0.3, -0.25) is 4.57 Å². The average molecular weight is 335 g/mol. The lowest BCUT2D eigenvalue weighted by atomic mass is 10.2. The minimum Gasteiger partial charge on any atom is -0.496 e. The van der Waals surface area contributed by atoms with Crippen molar-refractivity contribution in [2.45, 2.75) is 12.7 Å². The molecule has 0 spiro atoms. The fraction of sp³-hybridized carbons (Fsp3) is 0.294. The summed E-state index contributed by atoms with van der Waals surface area (Å²) in [5, 5.41) is 3.25. The molecule has 0 bridgehead atoms. The first-order chi connectivity index (χ1) is 11.0. The van der Waals surface area contributed by atoms with Crippen molar-refractivity contribution in [3.63, 3.8) is 0 Å². The Bertz CT molecular complexity index is 679. The van der Waals surface area contributed by atoms with Gasteiger partial charge in [0.15, 0.2) is 5.78 Å². The molecule has 0 fully saturated rings. The molecule has 5 nitrogen and oxygen atoms in total. The minimum atomic E-state index is -3.42. The molecule has 0 aromatic heterocycles. The zero-order valence-electron chi connectivity index (χ0n) is 13.8. The molecule has 23 heavy (non-hydrogen) atoms. The van der Waals surface area contributed by atoms with Crippen LogP contribution in [-0.4, -0.2) is 21.3 Å². The lowest BCUT2D eigenvalue weighted by Gasteiger charge is -2.27. The highest BCUT2D eigenvalue weighted by molar-refractivity contribution is 7.54. The Morgan fingerprint density at radius 1 is 0.957 bits per heavy atom. The molecular formula is C17H22NO4P. The van der Waals surface area contributed by atoms with Crippen molar-refractivity contribution in [3.8, 4) is 5.75 Å². The molecule has 1 unspecified atom stereocenters. The highest BCUT2D eigenvalue weighted by Crippen LogP contribution is 2.60. The fourth-order valence-corrected chi connectivity index (χ4v) is 3.74. The van der Waals surface area contributed by atoms with E-state index >= 15 is 0 Å². The maximum Gasteiger partial charge on any atom is 0.356 e. The summed E-state index contributed by atoms with van der Waals surface area (Å²) in [5.74, 6) is -0.0669. The number of ether oxygens (including phenoxy) is 1. The van der Waals surface area contributed by atoms with Crippen LogP contribution in [0.5, 0.6) is 5.75 Å². The van der Waals surface area contributed by atoms with Crippen LogP contribution in [0.3, 0.4) is 0 Å². The first-order valence-corrected chi connectivity index (χ1v) is 8.82. The van der Waals surface area contributed by atoms with Crippen LogP contribution in [-0.2, 0) is 13.6 Å². The number of hydrogen-bond acceptors (Lipinski definition) is 5. The lowest BCUT2D eigenvalue weighted by molar-refractivity contribution is 0.267. The summed E-state index contributed by atoms with van der Waals surface area (Å²) in [6.07, 6.45) is 0. The summed E-state index contributed by atoms with van der Waals surface area (Å²) in [6, 6.07) is 15.2. The van der Waals surface area contributed by atoms with Gasteiger partial charge < -0.3 is 19.1 Å². The molecule has 0 saturated carbocycles. The largest absolute Gasteiger partial charge is 0.496 e. The highest BCUT2D eigenvalue weighted by atomic mass is 31.2. The summed E-state index contributed by atoms with van der Waals surface area (Å²) < 4.78 is 28.9. The molecule has 2 rings (SSSR count). The van der Waals surface area contributed by atoms with Crippen LogP contribution in [0.15, 0.2) is 48.5 Å². The zero-order valence-corrected chi connectivity index (χ0v) is 14.7. The molecule has 0 heterocycles. The molecular weight excluding hydrogens is 313 g/mol. The average Bonchev–Trinajstić information content (AvgIpc) is 2.60. The van der Waals surface area contributed by atoms with Crippen LogP contribution in [0.25, 0.3) is 0 Å². The molecule has 2 aromatic rings. The van der Waals surface area contributed by atoms with E-state index < -0.39 is 13.4 Å². The predicted octanol–water partition coefficient (Wildman–Crippen LogP) is 4.60. The third kappa shape index (κ3) is 3.94. The van der Waals surface area contributed by atoms with Crippen molar-refractivity contribution >= 4 is 13.3 Å². The molecule has 1 N–H and O–H groups in total. The standard InChI is InChI=1S/C17H22NO4P/c1-13-9-11-14(12-10-13)18-17(23(19,21-3)22-4)15-7-5-6-8-16(15)20-2/h5-12,17-18H,1-4H3. The second kappa shape index (κ2) is 7.64. The van der Waals surface area contributed by atoms with E-state index in [2.05, 4.69) is 5.32 Å². The number of anilines is 1. The van der Waals surface area contributed by atoms with Gasteiger partial charge in [0.1, 0.15) is 5.75 Å². The minimum absolute atomic E-state index is 0.617. The van der Waals surface area contributed by atoms with E-state index in [0.29, 0.717) is 11.3 Å². The van der Waals surface area contributed by atoms with Crippen LogP contribution < -0.4 is 10.1 Å². The molecule has 0 amide bonds. The van der Waals surface area contributed by atoms with Crippen molar-refractivity contribution in [1.82, 2.24) is 0 Å². The Morgan fingerprint density at radius 3 is 2.13 bits per heavy atom. The number of aryl methyl sites for hydroxylation is 1. The van der Waals surface area contributed by atoms with Gasteiger partial charge in [-0.25, -0.2) is 0 Å². The molecule has 1 atom stereocenters. The van der Waals surface area contributed by atoms with E-state index in [1.54, 1.807) is 7.11 Å². The van der Waals surface area contributed by atoms with Crippen molar-refractivity contribution < 1.29 is 18.3 Å². The Balaban J connectivity index is 2.47. The van der Waals surface area contributed by atoms with Crippen molar-refractivity contribution in [2.75, 3.05) is 26.6 Å². The van der Waals surface area contributed by atoms with Gasteiger partial charge in [0.2, 0.25) is 0 Å². The number of rotatable bonds is 7. The van der Waals surface area contributed by atoms with Gasteiger partial charge in [-0.15, -0.1) is 0 Å². The van der Waals surface area contributed by atoms with E-state index in [-0.39, 0.29) is 0 Å². The Kier molecular flexibility index (Phi) is 5.83. The summed E-state index contributed by atoms with van der Waals surface area (Å²) in [7, 11) is 0.911. The van der Waals surface area contributed by atoms with Gasteiger partial charge in [-0.05, 0) is 25.1 Å². The number of para-hydroxylation sites is 1. The van der Waals surface area contributed by atoms with Crippen molar-refractivity contribution in [3.05, 3.63) is 59.7 Å². The molecule has 0 radical (unpaired) electrons. The summed E-state index contributed by atoms with van der Waals surface area (Å²) in [5.41, 5.74) is 2.68. The molecule has 124 valence electrons. The lowest BCUT2D eigenvalue weighted by Crippen LogP contribution is -2.14. The number of hydrogen-bond donors (Lipinski definition) is 1. The van der Waals surface area contributed by atoms with Crippen LogP contribution in [0.1, 0.15) is 16.9 Å². The van der Waals surface area contributed by atoms with E-state index in [4.69, 9.17) is 13.8 Å². The Morgan fingerprint density at radius 2 is 1.57 bits per heavy atom. The maximum atomic E-state index is 13.0. The number of nitrogens with one attached hydrogen (secondary N) is 1. The van der Waals surface area contributed by atoms with E-state index in [9.17, 15) is 4.57 Å². The number of benzene rings is 2. The van der Waals surface area contributed by atoms with Crippen LogP contribution in [0.2, 0.25) is 0 Å². The molecule has 2 aromatic carbocycles.